The highest BCUT2D eigenvalue weighted by molar-refractivity contribution is 5.80. The van der Waals surface area contributed by atoms with Crippen LogP contribution in [-0.2, 0) is 16.0 Å². The van der Waals surface area contributed by atoms with E-state index in [1.165, 1.54) is 0 Å². The number of benzene rings is 1. The number of hydrogen-bond donors (Lipinski definition) is 0. The van der Waals surface area contributed by atoms with E-state index in [9.17, 15) is 9.59 Å². The minimum atomic E-state index is 0.135. The van der Waals surface area contributed by atoms with Gasteiger partial charge in [-0.2, -0.15) is 0 Å². The van der Waals surface area contributed by atoms with Gasteiger partial charge in [0, 0.05) is 43.7 Å². The highest BCUT2D eigenvalue weighted by Crippen LogP contribution is 2.27. The predicted molar refractivity (Wildman–Crippen MR) is 103 cm³/mol. The summed E-state index contributed by atoms with van der Waals surface area (Å²) in [6, 6.07) is 5.80. The molecule has 0 radical (unpaired) electrons. The van der Waals surface area contributed by atoms with Crippen molar-refractivity contribution < 1.29 is 19.1 Å². The van der Waals surface area contributed by atoms with Crippen LogP contribution in [0, 0.1) is 0 Å². The third kappa shape index (κ3) is 4.73. The van der Waals surface area contributed by atoms with Gasteiger partial charge in [0.1, 0.15) is 11.5 Å². The first kappa shape index (κ1) is 19.5. The molecule has 2 aliphatic rings. The zero-order valence-electron chi connectivity index (χ0n) is 16.4. The van der Waals surface area contributed by atoms with Crippen molar-refractivity contribution in [2.75, 3.05) is 33.9 Å². The van der Waals surface area contributed by atoms with E-state index >= 15 is 0 Å². The first-order chi connectivity index (χ1) is 13.1. The third-order valence-electron chi connectivity index (χ3n) is 5.69. The number of hydrogen-bond acceptors (Lipinski definition) is 4. The summed E-state index contributed by atoms with van der Waals surface area (Å²) < 4.78 is 10.7. The molecule has 0 spiro atoms. The molecule has 0 aromatic heterocycles. The zero-order valence-corrected chi connectivity index (χ0v) is 16.4. The normalized spacial score (nSPS) is 20.1. The Kier molecular flexibility index (Phi) is 6.58. The Balaban J connectivity index is 1.63. The maximum absolute atomic E-state index is 13.0. The Morgan fingerprint density at radius 1 is 1.15 bits per heavy atom. The Bertz CT molecular complexity index is 676. The van der Waals surface area contributed by atoms with E-state index in [4.69, 9.17) is 9.47 Å². The average Bonchev–Trinajstić information content (AvgIpc) is 3.11. The lowest BCUT2D eigenvalue weighted by molar-refractivity contribution is -0.134. The van der Waals surface area contributed by atoms with E-state index in [1.54, 1.807) is 14.2 Å². The summed E-state index contributed by atoms with van der Waals surface area (Å²) in [5, 5.41) is 0. The van der Waals surface area contributed by atoms with Crippen molar-refractivity contribution >= 4 is 11.8 Å². The Morgan fingerprint density at radius 3 is 2.70 bits per heavy atom. The lowest BCUT2D eigenvalue weighted by Gasteiger charge is -2.37. The topological polar surface area (TPSA) is 59.1 Å². The molecule has 0 saturated carbocycles. The molecule has 6 heteroatoms. The highest BCUT2D eigenvalue weighted by atomic mass is 16.5. The molecule has 148 valence electrons. The van der Waals surface area contributed by atoms with E-state index in [0.29, 0.717) is 24.3 Å². The van der Waals surface area contributed by atoms with Gasteiger partial charge in [-0.15, -0.1) is 0 Å². The summed E-state index contributed by atoms with van der Waals surface area (Å²) >= 11 is 0. The second-order valence-corrected chi connectivity index (χ2v) is 7.36. The molecular weight excluding hydrogens is 344 g/mol. The summed E-state index contributed by atoms with van der Waals surface area (Å²) in [6.45, 7) is 2.43. The van der Waals surface area contributed by atoms with Crippen molar-refractivity contribution in [2.45, 2.75) is 51.0 Å². The Morgan fingerprint density at radius 2 is 2.00 bits per heavy atom. The molecule has 6 nitrogen and oxygen atoms in total. The predicted octanol–water partition coefficient (Wildman–Crippen LogP) is 2.64. The standard InChI is InChI=1S/C21H30N2O4/c1-26-18-9-8-16(19(15-18)27-2)14-21(25)23-12-4-3-6-17(23)10-13-22-11-5-7-20(22)24/h8-9,15,17H,3-7,10-14H2,1-2H3/t17-/m0/s1. The van der Waals surface area contributed by atoms with Crippen molar-refractivity contribution in [3.8, 4) is 11.5 Å². The smallest absolute Gasteiger partial charge is 0.227 e. The molecule has 2 amide bonds. The molecule has 1 aromatic rings. The van der Waals surface area contributed by atoms with Crippen LogP contribution in [0.4, 0.5) is 0 Å². The molecule has 1 aromatic carbocycles. The fourth-order valence-corrected chi connectivity index (χ4v) is 4.14. The molecule has 0 bridgehead atoms. The van der Waals surface area contributed by atoms with Crippen LogP contribution in [0.3, 0.4) is 0 Å². The van der Waals surface area contributed by atoms with Crippen LogP contribution in [0.1, 0.15) is 44.1 Å². The van der Waals surface area contributed by atoms with Gasteiger partial charge in [-0.25, -0.2) is 0 Å². The first-order valence-corrected chi connectivity index (χ1v) is 9.90. The molecule has 0 aliphatic carbocycles. The maximum atomic E-state index is 13.0. The molecule has 2 heterocycles. The molecule has 1 atom stereocenters. The minimum Gasteiger partial charge on any atom is -0.497 e. The van der Waals surface area contributed by atoms with E-state index in [-0.39, 0.29) is 17.9 Å². The van der Waals surface area contributed by atoms with Gasteiger partial charge in [-0.05, 0) is 38.2 Å². The summed E-state index contributed by atoms with van der Waals surface area (Å²) in [6.07, 6.45) is 6.05. The largest absolute Gasteiger partial charge is 0.497 e. The fraction of sp³-hybridized carbons (Fsp3) is 0.619. The number of carbonyl (C=O) groups is 2. The first-order valence-electron chi connectivity index (χ1n) is 9.90. The van der Waals surface area contributed by atoms with Crippen LogP contribution in [0.25, 0.3) is 0 Å². The molecule has 0 unspecified atom stereocenters. The summed E-state index contributed by atoms with van der Waals surface area (Å²) in [7, 11) is 3.22. The molecular formula is C21H30N2O4. The third-order valence-corrected chi connectivity index (χ3v) is 5.69. The van der Waals surface area contributed by atoms with Gasteiger partial charge < -0.3 is 19.3 Å². The van der Waals surface area contributed by atoms with Gasteiger partial charge in [0.15, 0.2) is 0 Å². The number of piperidine rings is 1. The van der Waals surface area contributed by atoms with Crippen LogP contribution in [0.2, 0.25) is 0 Å². The molecule has 3 rings (SSSR count). The number of likely N-dealkylation sites (tertiary alicyclic amines) is 2. The van der Waals surface area contributed by atoms with Gasteiger partial charge in [0.05, 0.1) is 20.6 Å². The van der Waals surface area contributed by atoms with Gasteiger partial charge in [0.25, 0.3) is 0 Å². The van der Waals surface area contributed by atoms with Crippen LogP contribution < -0.4 is 9.47 Å². The summed E-state index contributed by atoms with van der Waals surface area (Å²) in [5.74, 6) is 1.79. The number of nitrogens with zero attached hydrogens (tertiary/aromatic N) is 2. The van der Waals surface area contributed by atoms with Crippen molar-refractivity contribution in [1.29, 1.82) is 0 Å². The lowest BCUT2D eigenvalue weighted by Crippen LogP contribution is -2.46. The number of methoxy groups -OCH3 is 2. The van der Waals surface area contributed by atoms with Crippen LogP contribution in [0.5, 0.6) is 11.5 Å². The van der Waals surface area contributed by atoms with Gasteiger partial charge in [0.2, 0.25) is 11.8 Å². The minimum absolute atomic E-state index is 0.135. The van der Waals surface area contributed by atoms with Crippen LogP contribution in [0.15, 0.2) is 18.2 Å². The zero-order chi connectivity index (χ0) is 19.2. The SMILES string of the molecule is COc1ccc(CC(=O)N2CCCC[C@H]2CCN2CCCC2=O)c(OC)c1. The number of rotatable bonds is 7. The molecule has 0 N–H and O–H groups in total. The second-order valence-electron chi connectivity index (χ2n) is 7.36. The van der Waals surface area contributed by atoms with Crippen LogP contribution >= 0.6 is 0 Å². The molecule has 2 saturated heterocycles. The Labute approximate surface area is 161 Å². The molecule has 27 heavy (non-hydrogen) atoms. The maximum Gasteiger partial charge on any atom is 0.227 e. The van der Waals surface area contributed by atoms with E-state index in [2.05, 4.69) is 0 Å². The molecule has 2 fully saturated rings. The quantitative estimate of drug-likeness (QED) is 0.736. The monoisotopic (exact) mass is 374 g/mol. The number of carbonyl (C=O) groups excluding carboxylic acids is 2. The average molecular weight is 374 g/mol. The molecule has 2 aliphatic heterocycles. The highest BCUT2D eigenvalue weighted by Gasteiger charge is 2.29. The van der Waals surface area contributed by atoms with Gasteiger partial charge >= 0.3 is 0 Å². The summed E-state index contributed by atoms with van der Waals surface area (Å²) in [4.78, 5) is 28.8. The van der Waals surface area contributed by atoms with E-state index < -0.39 is 0 Å². The van der Waals surface area contributed by atoms with Crippen LogP contribution in [-0.4, -0.2) is 61.5 Å². The van der Waals surface area contributed by atoms with E-state index in [0.717, 1.165) is 57.3 Å². The van der Waals surface area contributed by atoms with E-state index in [1.807, 2.05) is 28.0 Å². The Hall–Kier alpha value is -2.24. The van der Waals surface area contributed by atoms with Crippen molar-refractivity contribution in [1.82, 2.24) is 9.80 Å². The van der Waals surface area contributed by atoms with Crippen molar-refractivity contribution in [3.63, 3.8) is 0 Å². The fourth-order valence-electron chi connectivity index (χ4n) is 4.14. The van der Waals surface area contributed by atoms with Gasteiger partial charge in [-0.1, -0.05) is 6.07 Å². The number of ether oxygens (including phenoxy) is 2. The number of amides is 2. The van der Waals surface area contributed by atoms with Gasteiger partial charge in [-0.3, -0.25) is 9.59 Å². The van der Waals surface area contributed by atoms with Crippen molar-refractivity contribution in [3.05, 3.63) is 23.8 Å². The summed E-state index contributed by atoms with van der Waals surface area (Å²) in [5.41, 5.74) is 0.877. The second kappa shape index (κ2) is 9.11. The lowest BCUT2D eigenvalue weighted by atomic mass is 9.97. The van der Waals surface area contributed by atoms with Crippen molar-refractivity contribution in [2.24, 2.45) is 0 Å².